The molecule has 8 heteroatoms. The number of thioether (sulfide) groups is 1. The monoisotopic (exact) mass is 426 g/mol. The summed E-state index contributed by atoms with van der Waals surface area (Å²) >= 11 is 0.800. The number of nitrogens with one attached hydrogen (secondary N) is 1. The van der Waals surface area contributed by atoms with Crippen LogP contribution in [0, 0.1) is 13.8 Å². The molecule has 0 atom stereocenters. The highest BCUT2D eigenvalue weighted by Crippen LogP contribution is 2.34. The van der Waals surface area contributed by atoms with E-state index in [0.717, 1.165) is 27.8 Å². The topological polar surface area (TPSA) is 84.9 Å². The van der Waals surface area contributed by atoms with Crippen LogP contribution in [-0.2, 0) is 9.59 Å². The van der Waals surface area contributed by atoms with Crippen LogP contribution >= 0.6 is 11.8 Å². The average molecular weight is 426 g/mol. The predicted molar refractivity (Wildman–Crippen MR) is 117 cm³/mol. The molecule has 2 aromatic carbocycles. The van der Waals surface area contributed by atoms with Gasteiger partial charge in [-0.1, -0.05) is 18.2 Å². The summed E-state index contributed by atoms with van der Waals surface area (Å²) in [4.78, 5) is 38.6. The van der Waals surface area contributed by atoms with Crippen molar-refractivity contribution in [1.82, 2.24) is 4.90 Å². The van der Waals surface area contributed by atoms with Crippen LogP contribution in [0.2, 0.25) is 0 Å². The molecule has 0 aromatic heterocycles. The number of nitrogens with zero attached hydrogens (tertiary/aromatic N) is 1. The van der Waals surface area contributed by atoms with Crippen LogP contribution in [0.4, 0.5) is 10.5 Å². The van der Waals surface area contributed by atoms with Crippen LogP contribution in [-0.4, -0.2) is 42.7 Å². The molecular formula is C22H22N2O5S. The number of benzene rings is 2. The second kappa shape index (κ2) is 9.04. The number of hydrogen-bond acceptors (Lipinski definition) is 6. The number of aryl methyl sites for hydroxylation is 2. The second-order valence-corrected chi connectivity index (χ2v) is 7.74. The first kappa shape index (κ1) is 21.4. The van der Waals surface area contributed by atoms with Crippen molar-refractivity contribution in [2.45, 2.75) is 13.8 Å². The number of hydrogen-bond donors (Lipinski definition) is 1. The van der Waals surface area contributed by atoms with Crippen LogP contribution in [0.25, 0.3) is 6.08 Å². The smallest absolute Gasteiger partial charge is 0.294 e. The van der Waals surface area contributed by atoms with E-state index in [9.17, 15) is 14.4 Å². The molecule has 0 radical (unpaired) electrons. The van der Waals surface area contributed by atoms with Gasteiger partial charge in [-0.2, -0.15) is 0 Å². The van der Waals surface area contributed by atoms with Crippen LogP contribution in [0.15, 0.2) is 41.3 Å². The molecule has 0 bridgehead atoms. The van der Waals surface area contributed by atoms with Gasteiger partial charge in [-0.3, -0.25) is 19.3 Å². The molecule has 3 rings (SSSR count). The Morgan fingerprint density at radius 1 is 1.07 bits per heavy atom. The third kappa shape index (κ3) is 4.65. The van der Waals surface area contributed by atoms with E-state index < -0.39 is 17.1 Å². The van der Waals surface area contributed by atoms with Gasteiger partial charge in [0.05, 0.1) is 19.1 Å². The quantitative estimate of drug-likeness (QED) is 0.703. The molecule has 1 saturated heterocycles. The van der Waals surface area contributed by atoms with E-state index in [4.69, 9.17) is 9.47 Å². The summed E-state index contributed by atoms with van der Waals surface area (Å²) in [6, 6.07) is 10.9. The predicted octanol–water partition coefficient (Wildman–Crippen LogP) is 4.00. The maximum absolute atomic E-state index is 12.7. The third-order valence-corrected chi connectivity index (χ3v) is 5.46. The van der Waals surface area contributed by atoms with E-state index >= 15 is 0 Å². The van der Waals surface area contributed by atoms with Crippen molar-refractivity contribution in [3.63, 3.8) is 0 Å². The molecule has 30 heavy (non-hydrogen) atoms. The highest BCUT2D eigenvalue weighted by molar-refractivity contribution is 8.18. The number of carbonyl (C=O) groups excluding carboxylic acids is 3. The molecule has 1 fully saturated rings. The van der Waals surface area contributed by atoms with Crippen molar-refractivity contribution in [2.24, 2.45) is 0 Å². The molecule has 2 aromatic rings. The minimum atomic E-state index is -0.504. The van der Waals surface area contributed by atoms with E-state index in [0.29, 0.717) is 22.7 Å². The van der Waals surface area contributed by atoms with Crippen LogP contribution in [0.3, 0.4) is 0 Å². The van der Waals surface area contributed by atoms with Gasteiger partial charge in [0.2, 0.25) is 5.91 Å². The van der Waals surface area contributed by atoms with Gasteiger partial charge in [0.15, 0.2) is 11.5 Å². The Hall–Kier alpha value is -3.26. The van der Waals surface area contributed by atoms with Crippen molar-refractivity contribution in [2.75, 3.05) is 26.1 Å². The summed E-state index contributed by atoms with van der Waals surface area (Å²) in [7, 11) is 3.05. The zero-order chi connectivity index (χ0) is 21.8. The maximum atomic E-state index is 12.7. The fourth-order valence-corrected chi connectivity index (χ4v) is 3.77. The molecule has 0 spiro atoms. The lowest BCUT2D eigenvalue weighted by Crippen LogP contribution is -2.36. The Kier molecular flexibility index (Phi) is 6.47. The molecule has 0 unspecified atom stereocenters. The lowest BCUT2D eigenvalue weighted by atomic mass is 10.1. The summed E-state index contributed by atoms with van der Waals surface area (Å²) in [5.74, 6) is 0.138. The third-order valence-electron chi connectivity index (χ3n) is 4.55. The van der Waals surface area contributed by atoms with Gasteiger partial charge in [-0.05, 0) is 66.6 Å². The fourth-order valence-electron chi connectivity index (χ4n) is 2.93. The van der Waals surface area contributed by atoms with Crippen LogP contribution in [0.1, 0.15) is 16.7 Å². The molecule has 3 amide bonds. The Balaban J connectivity index is 1.73. The Labute approximate surface area is 179 Å². The fraction of sp³-hybridized carbons (Fsp3) is 0.227. The highest BCUT2D eigenvalue weighted by Gasteiger charge is 2.36. The standard InChI is InChI=1S/C22H22N2O5S/c1-13-5-6-14(2)16(9-13)23-20(25)12-24-21(26)19(30-22(24)27)11-15-7-8-17(28-3)18(10-15)29-4/h5-11H,12H2,1-4H3,(H,23,25)/b19-11+. The minimum Gasteiger partial charge on any atom is -0.493 e. The van der Waals surface area contributed by atoms with Gasteiger partial charge in [-0.25, -0.2) is 0 Å². The SMILES string of the molecule is COc1ccc(/C=C2/SC(=O)N(CC(=O)Nc3cc(C)ccc3C)C2=O)cc1OC. The van der Waals surface area contributed by atoms with Crippen molar-refractivity contribution in [3.05, 3.63) is 58.0 Å². The number of amides is 3. The maximum Gasteiger partial charge on any atom is 0.294 e. The molecule has 1 aliphatic rings. The van der Waals surface area contributed by atoms with E-state index in [1.165, 1.54) is 14.2 Å². The Bertz CT molecular complexity index is 1050. The summed E-state index contributed by atoms with van der Waals surface area (Å²) < 4.78 is 10.5. The zero-order valence-electron chi connectivity index (χ0n) is 17.1. The molecule has 7 nitrogen and oxygen atoms in total. The lowest BCUT2D eigenvalue weighted by molar-refractivity contribution is -0.127. The molecule has 0 saturated carbocycles. The summed E-state index contributed by atoms with van der Waals surface area (Å²) in [5, 5.41) is 2.28. The summed E-state index contributed by atoms with van der Waals surface area (Å²) in [5.41, 5.74) is 3.24. The van der Waals surface area contributed by atoms with Gasteiger partial charge in [-0.15, -0.1) is 0 Å². The van der Waals surface area contributed by atoms with E-state index in [2.05, 4.69) is 5.32 Å². The number of carbonyl (C=O) groups is 3. The summed E-state index contributed by atoms with van der Waals surface area (Å²) in [6.07, 6.45) is 1.59. The minimum absolute atomic E-state index is 0.242. The molecule has 1 heterocycles. The van der Waals surface area contributed by atoms with Crippen LogP contribution < -0.4 is 14.8 Å². The first-order valence-corrected chi connectivity index (χ1v) is 9.98. The molecule has 156 valence electrons. The molecular weight excluding hydrogens is 404 g/mol. The van der Waals surface area contributed by atoms with Gasteiger partial charge in [0.1, 0.15) is 6.54 Å². The Morgan fingerprint density at radius 3 is 2.50 bits per heavy atom. The van der Waals surface area contributed by atoms with Gasteiger partial charge in [0.25, 0.3) is 11.1 Å². The Morgan fingerprint density at radius 2 is 1.80 bits per heavy atom. The van der Waals surface area contributed by atoms with Crippen molar-refractivity contribution < 1.29 is 23.9 Å². The first-order chi connectivity index (χ1) is 14.3. The highest BCUT2D eigenvalue weighted by atomic mass is 32.2. The second-order valence-electron chi connectivity index (χ2n) is 6.75. The average Bonchev–Trinajstić information content (AvgIpc) is 2.98. The molecule has 1 aliphatic heterocycles. The largest absolute Gasteiger partial charge is 0.493 e. The van der Waals surface area contributed by atoms with Crippen molar-refractivity contribution >= 4 is 40.6 Å². The van der Waals surface area contributed by atoms with Crippen molar-refractivity contribution in [3.8, 4) is 11.5 Å². The zero-order valence-corrected chi connectivity index (χ0v) is 18.0. The van der Waals surface area contributed by atoms with Gasteiger partial charge >= 0.3 is 0 Å². The molecule has 0 aliphatic carbocycles. The van der Waals surface area contributed by atoms with E-state index in [1.54, 1.807) is 24.3 Å². The van der Waals surface area contributed by atoms with E-state index in [-0.39, 0.29) is 11.4 Å². The normalized spacial score (nSPS) is 14.9. The lowest BCUT2D eigenvalue weighted by Gasteiger charge is -2.14. The van der Waals surface area contributed by atoms with Gasteiger partial charge in [0, 0.05) is 5.69 Å². The summed E-state index contributed by atoms with van der Waals surface area (Å²) in [6.45, 7) is 3.45. The number of methoxy groups -OCH3 is 2. The number of anilines is 1. The van der Waals surface area contributed by atoms with E-state index in [1.807, 2.05) is 32.0 Å². The number of imide groups is 1. The van der Waals surface area contributed by atoms with Crippen molar-refractivity contribution in [1.29, 1.82) is 0 Å². The van der Waals surface area contributed by atoms with Crippen LogP contribution in [0.5, 0.6) is 11.5 Å². The molecule has 1 N–H and O–H groups in total. The van der Waals surface area contributed by atoms with Gasteiger partial charge < -0.3 is 14.8 Å². The first-order valence-electron chi connectivity index (χ1n) is 9.17. The number of ether oxygens (including phenoxy) is 2. The number of rotatable bonds is 6.